The molecule has 0 bridgehead atoms. The average molecular weight is 446 g/mol. The second-order valence-corrected chi connectivity index (χ2v) is 11.2. The molecule has 4 rings (SSSR count). The highest BCUT2D eigenvalue weighted by Crippen LogP contribution is 2.44. The summed E-state index contributed by atoms with van der Waals surface area (Å²) in [6.45, 7) is 6.91. The SMILES string of the molecule is CC(C)(C)C1CCc2c(sc3nc(C(=O)CSc4ccc(Cl)cc4)nc(N)c23)C1. The second kappa shape index (κ2) is 7.89. The van der Waals surface area contributed by atoms with E-state index in [0.29, 0.717) is 16.8 Å². The number of aryl methyl sites for hydroxylation is 1. The third-order valence-electron chi connectivity index (χ3n) is 5.59. The lowest BCUT2D eigenvalue weighted by Crippen LogP contribution is -2.26. The summed E-state index contributed by atoms with van der Waals surface area (Å²) < 4.78 is 0. The minimum atomic E-state index is -0.113. The van der Waals surface area contributed by atoms with Crippen molar-refractivity contribution in [2.75, 3.05) is 11.5 Å². The molecule has 4 nitrogen and oxygen atoms in total. The molecule has 0 saturated heterocycles. The van der Waals surface area contributed by atoms with Crippen molar-refractivity contribution in [3.05, 3.63) is 45.6 Å². The van der Waals surface area contributed by atoms with Crippen LogP contribution in [0.5, 0.6) is 0 Å². The number of thioether (sulfide) groups is 1. The molecule has 0 spiro atoms. The van der Waals surface area contributed by atoms with Gasteiger partial charge in [0.2, 0.25) is 5.78 Å². The highest BCUT2D eigenvalue weighted by molar-refractivity contribution is 8.00. The van der Waals surface area contributed by atoms with Crippen LogP contribution in [0.1, 0.15) is 48.3 Å². The minimum Gasteiger partial charge on any atom is -0.383 e. The van der Waals surface area contributed by atoms with E-state index in [0.717, 1.165) is 34.4 Å². The number of anilines is 1. The zero-order chi connectivity index (χ0) is 20.8. The smallest absolute Gasteiger partial charge is 0.210 e. The Morgan fingerprint density at radius 3 is 2.69 bits per heavy atom. The summed E-state index contributed by atoms with van der Waals surface area (Å²) in [6, 6.07) is 7.43. The van der Waals surface area contributed by atoms with Gasteiger partial charge in [-0.1, -0.05) is 32.4 Å². The molecule has 0 amide bonds. The molecular weight excluding hydrogens is 422 g/mol. The van der Waals surface area contributed by atoms with E-state index < -0.39 is 0 Å². The molecule has 0 saturated carbocycles. The average Bonchev–Trinajstić information content (AvgIpc) is 3.04. The highest BCUT2D eigenvalue weighted by Gasteiger charge is 2.32. The zero-order valence-electron chi connectivity index (χ0n) is 16.8. The number of aromatic nitrogens is 2. The Balaban J connectivity index is 1.57. The number of fused-ring (bicyclic) bond motifs is 3. The number of rotatable bonds is 4. The number of hydrogen-bond donors (Lipinski definition) is 1. The molecule has 2 N–H and O–H groups in total. The molecule has 3 aromatic rings. The van der Waals surface area contributed by atoms with Crippen LogP contribution in [-0.4, -0.2) is 21.5 Å². The van der Waals surface area contributed by atoms with Gasteiger partial charge in [-0.05, 0) is 60.4 Å². The van der Waals surface area contributed by atoms with E-state index >= 15 is 0 Å². The van der Waals surface area contributed by atoms with Crippen molar-refractivity contribution in [2.45, 2.75) is 44.9 Å². The van der Waals surface area contributed by atoms with E-state index in [1.165, 1.54) is 22.2 Å². The number of thiophene rings is 1. The summed E-state index contributed by atoms with van der Waals surface area (Å²) in [5.74, 6) is 1.44. The zero-order valence-corrected chi connectivity index (χ0v) is 19.2. The van der Waals surface area contributed by atoms with Gasteiger partial charge in [0.05, 0.1) is 11.1 Å². The maximum atomic E-state index is 12.7. The van der Waals surface area contributed by atoms with Crippen LogP contribution in [0, 0.1) is 11.3 Å². The lowest BCUT2D eigenvalue weighted by atomic mass is 9.72. The first-order chi connectivity index (χ1) is 13.7. The van der Waals surface area contributed by atoms with E-state index in [1.807, 2.05) is 24.3 Å². The number of hydrogen-bond acceptors (Lipinski definition) is 6. The van der Waals surface area contributed by atoms with Crippen molar-refractivity contribution in [1.82, 2.24) is 9.97 Å². The number of ketones is 1. The van der Waals surface area contributed by atoms with Crippen molar-refractivity contribution in [3.8, 4) is 0 Å². The summed E-state index contributed by atoms with van der Waals surface area (Å²) >= 11 is 9.04. The summed E-state index contributed by atoms with van der Waals surface area (Å²) in [5, 5.41) is 1.64. The molecule has 2 aromatic heterocycles. The fourth-order valence-corrected chi connectivity index (χ4v) is 6.00. The molecule has 1 aromatic carbocycles. The van der Waals surface area contributed by atoms with Gasteiger partial charge in [-0.3, -0.25) is 4.79 Å². The van der Waals surface area contributed by atoms with Crippen LogP contribution in [0.2, 0.25) is 5.02 Å². The Kier molecular flexibility index (Phi) is 5.62. The Morgan fingerprint density at radius 1 is 1.28 bits per heavy atom. The number of nitrogens with two attached hydrogens (primary N) is 1. The largest absolute Gasteiger partial charge is 0.383 e. The molecule has 7 heteroatoms. The van der Waals surface area contributed by atoms with Crippen LogP contribution in [0.25, 0.3) is 10.2 Å². The number of carbonyl (C=O) groups is 1. The summed E-state index contributed by atoms with van der Waals surface area (Å²) in [4.78, 5) is 24.8. The summed E-state index contributed by atoms with van der Waals surface area (Å²) in [7, 11) is 0. The quantitative estimate of drug-likeness (QED) is 0.390. The lowest BCUT2D eigenvalue weighted by Gasteiger charge is -2.33. The summed E-state index contributed by atoms with van der Waals surface area (Å²) in [5.41, 5.74) is 7.86. The van der Waals surface area contributed by atoms with Crippen molar-refractivity contribution >= 4 is 56.5 Å². The third kappa shape index (κ3) is 4.30. The molecule has 0 fully saturated rings. The molecule has 1 aliphatic rings. The van der Waals surface area contributed by atoms with Gasteiger partial charge in [-0.25, -0.2) is 9.97 Å². The van der Waals surface area contributed by atoms with Gasteiger partial charge in [0.1, 0.15) is 10.6 Å². The number of benzene rings is 1. The normalized spacial score (nSPS) is 16.8. The van der Waals surface area contributed by atoms with Gasteiger partial charge < -0.3 is 5.73 Å². The van der Waals surface area contributed by atoms with Crippen LogP contribution < -0.4 is 5.73 Å². The van der Waals surface area contributed by atoms with E-state index in [2.05, 4.69) is 30.7 Å². The van der Waals surface area contributed by atoms with Gasteiger partial charge in [-0.15, -0.1) is 23.1 Å². The minimum absolute atomic E-state index is 0.113. The lowest BCUT2D eigenvalue weighted by molar-refractivity contribution is 0.101. The number of Topliss-reactive ketones (excluding diaryl/α,β-unsaturated/α-hetero) is 1. The first-order valence-corrected chi connectivity index (χ1v) is 11.9. The van der Waals surface area contributed by atoms with Crippen LogP contribution in [0.3, 0.4) is 0 Å². The maximum absolute atomic E-state index is 12.7. The Morgan fingerprint density at radius 2 is 2.00 bits per heavy atom. The molecule has 2 heterocycles. The van der Waals surface area contributed by atoms with Gasteiger partial charge >= 0.3 is 0 Å². The Bertz CT molecular complexity index is 1070. The predicted octanol–water partition coefficient (Wildman–Crippen LogP) is 6.05. The van der Waals surface area contributed by atoms with Gasteiger partial charge in [-0.2, -0.15) is 0 Å². The van der Waals surface area contributed by atoms with E-state index in [1.54, 1.807) is 11.3 Å². The van der Waals surface area contributed by atoms with Crippen molar-refractivity contribution in [1.29, 1.82) is 0 Å². The summed E-state index contributed by atoms with van der Waals surface area (Å²) in [6.07, 6.45) is 3.21. The molecule has 1 atom stereocenters. The molecule has 1 aliphatic carbocycles. The molecule has 0 aliphatic heterocycles. The fourth-order valence-electron chi connectivity index (χ4n) is 3.81. The molecule has 0 radical (unpaired) electrons. The molecule has 152 valence electrons. The van der Waals surface area contributed by atoms with Crippen molar-refractivity contribution in [2.24, 2.45) is 11.3 Å². The van der Waals surface area contributed by atoms with Crippen molar-refractivity contribution in [3.63, 3.8) is 0 Å². The topological polar surface area (TPSA) is 68.9 Å². The first-order valence-electron chi connectivity index (χ1n) is 9.71. The second-order valence-electron chi connectivity index (χ2n) is 8.59. The number of nitrogens with zero attached hydrogens (tertiary/aromatic N) is 2. The maximum Gasteiger partial charge on any atom is 0.210 e. The molecular formula is C22H24ClN3OS2. The number of nitrogen functional groups attached to an aromatic ring is 1. The molecule has 1 unspecified atom stereocenters. The number of halogens is 1. The molecule has 29 heavy (non-hydrogen) atoms. The van der Waals surface area contributed by atoms with Crippen LogP contribution in [-0.2, 0) is 12.8 Å². The van der Waals surface area contributed by atoms with E-state index in [-0.39, 0.29) is 22.8 Å². The van der Waals surface area contributed by atoms with Crippen molar-refractivity contribution < 1.29 is 4.79 Å². The van der Waals surface area contributed by atoms with Gasteiger partial charge in [0, 0.05) is 14.8 Å². The standard InChI is InChI=1S/C22H24ClN3OS2/c1-22(2,3)12-4-9-15-17(10-12)29-21-18(15)19(24)25-20(26-21)16(27)11-28-14-7-5-13(23)6-8-14/h5-8,12H,4,9-11H2,1-3H3,(H2,24,25,26). The first kappa shape index (κ1) is 20.6. The van der Waals surface area contributed by atoms with E-state index in [9.17, 15) is 4.79 Å². The Labute approximate surface area is 184 Å². The fraction of sp³-hybridized carbons (Fsp3) is 0.409. The predicted molar refractivity (Wildman–Crippen MR) is 123 cm³/mol. The van der Waals surface area contributed by atoms with Gasteiger partial charge in [0.15, 0.2) is 5.82 Å². The van der Waals surface area contributed by atoms with E-state index in [4.69, 9.17) is 17.3 Å². The van der Waals surface area contributed by atoms with Crippen LogP contribution in [0.4, 0.5) is 5.82 Å². The highest BCUT2D eigenvalue weighted by atomic mass is 35.5. The number of carbonyl (C=O) groups excluding carboxylic acids is 1. The monoisotopic (exact) mass is 445 g/mol. The van der Waals surface area contributed by atoms with Crippen LogP contribution in [0.15, 0.2) is 29.2 Å². The Hall–Kier alpha value is -1.63. The van der Waals surface area contributed by atoms with Crippen LogP contribution >= 0.6 is 34.7 Å². The van der Waals surface area contributed by atoms with Gasteiger partial charge in [0.25, 0.3) is 0 Å². The third-order valence-corrected chi connectivity index (χ3v) is 8.01.